The Balaban J connectivity index is 1.27. The summed E-state index contributed by atoms with van der Waals surface area (Å²) in [5, 5.41) is 16.2. The maximum absolute atomic E-state index is 13.6. The summed E-state index contributed by atoms with van der Waals surface area (Å²) in [5.74, 6) is 0.174. The van der Waals surface area contributed by atoms with E-state index in [-0.39, 0.29) is 6.10 Å². The number of fused-ring (bicyclic) bond motifs is 2. The van der Waals surface area contributed by atoms with Gasteiger partial charge in [0.25, 0.3) is 0 Å². The van der Waals surface area contributed by atoms with Crippen molar-refractivity contribution in [2.75, 3.05) is 20.6 Å². The number of aryl methyl sites for hydroxylation is 1. The first-order valence-corrected chi connectivity index (χ1v) is 14.5. The first-order chi connectivity index (χ1) is 16.8. The van der Waals surface area contributed by atoms with E-state index in [1.54, 1.807) is 0 Å². The summed E-state index contributed by atoms with van der Waals surface area (Å²) < 4.78 is 7.15. The first kappa shape index (κ1) is 25.0. The SMILES string of the molecule is C[N+](C)(CCCc1cccc(Cl)c1)C1CC2CCC1C2OC(=O)C(O)(c1cccs1)c1cccs1. The number of ether oxygens (including phenoxy) is 1. The molecule has 0 radical (unpaired) electrons. The Labute approximate surface area is 220 Å². The van der Waals surface area contributed by atoms with Crippen LogP contribution in [0.5, 0.6) is 0 Å². The van der Waals surface area contributed by atoms with Crippen LogP contribution in [0.15, 0.2) is 59.3 Å². The van der Waals surface area contributed by atoms with E-state index in [1.807, 2.05) is 47.2 Å². The van der Waals surface area contributed by atoms with Crippen LogP contribution in [0.3, 0.4) is 0 Å². The van der Waals surface area contributed by atoms with E-state index in [2.05, 4.69) is 26.2 Å². The van der Waals surface area contributed by atoms with Gasteiger partial charge < -0.3 is 14.3 Å². The van der Waals surface area contributed by atoms with E-state index in [1.165, 1.54) is 28.2 Å². The molecule has 0 spiro atoms. The molecule has 4 atom stereocenters. The Morgan fingerprint density at radius 2 is 1.83 bits per heavy atom. The smallest absolute Gasteiger partial charge is 0.349 e. The topological polar surface area (TPSA) is 46.5 Å². The van der Waals surface area contributed by atoms with Crippen molar-refractivity contribution in [3.05, 3.63) is 79.6 Å². The van der Waals surface area contributed by atoms with E-state index >= 15 is 0 Å². The van der Waals surface area contributed by atoms with Crippen LogP contribution in [-0.2, 0) is 21.6 Å². The molecule has 2 aliphatic carbocycles. The van der Waals surface area contributed by atoms with Gasteiger partial charge in [-0.1, -0.05) is 35.9 Å². The Morgan fingerprint density at radius 1 is 1.11 bits per heavy atom. The summed E-state index contributed by atoms with van der Waals surface area (Å²) in [6.07, 6.45) is 5.23. The zero-order valence-electron chi connectivity index (χ0n) is 20.2. The number of nitrogens with zero attached hydrogens (tertiary/aromatic N) is 1. The standard InChI is InChI=1S/C28H33ClNO3S2/c1-30(2,14-4-8-19-7-3-9-21(29)17-19)23-18-20-12-13-22(23)26(20)33-27(31)28(32,24-10-5-15-34-24)25-11-6-16-35-25/h3,5-7,9-11,15-17,20,22-23,26,32H,4,8,12-14,18H2,1-2H3/q+1. The second kappa shape index (κ2) is 9.98. The lowest BCUT2D eigenvalue weighted by Crippen LogP contribution is -2.52. The molecule has 4 nitrogen and oxygen atoms in total. The van der Waals surface area contributed by atoms with Gasteiger partial charge in [-0.15, -0.1) is 22.7 Å². The summed E-state index contributed by atoms with van der Waals surface area (Å²) in [5.41, 5.74) is -0.458. The van der Waals surface area contributed by atoms with Gasteiger partial charge >= 0.3 is 5.97 Å². The summed E-state index contributed by atoms with van der Waals surface area (Å²) in [6.45, 7) is 1.06. The summed E-state index contributed by atoms with van der Waals surface area (Å²) in [6, 6.07) is 15.9. The number of esters is 1. The van der Waals surface area contributed by atoms with E-state index in [0.29, 0.717) is 27.6 Å². The van der Waals surface area contributed by atoms with Crippen molar-refractivity contribution in [3.8, 4) is 0 Å². The molecule has 2 heterocycles. The van der Waals surface area contributed by atoms with Crippen molar-refractivity contribution >= 4 is 40.2 Å². The molecule has 3 aromatic rings. The van der Waals surface area contributed by atoms with Gasteiger partial charge in [-0.2, -0.15) is 0 Å². The second-order valence-corrected chi connectivity index (χ2v) is 12.9. The summed E-state index contributed by atoms with van der Waals surface area (Å²) in [7, 11) is 4.63. The van der Waals surface area contributed by atoms with Crippen LogP contribution in [0.2, 0.25) is 5.02 Å². The number of carbonyl (C=O) groups is 1. The Bertz CT molecular complexity index is 1110. The molecule has 1 aromatic carbocycles. The van der Waals surface area contributed by atoms with Gasteiger partial charge in [-0.3, -0.25) is 0 Å². The first-order valence-electron chi connectivity index (χ1n) is 12.4. The lowest BCUT2D eigenvalue weighted by Gasteiger charge is -2.40. The van der Waals surface area contributed by atoms with Crippen molar-refractivity contribution < 1.29 is 19.1 Å². The quantitative estimate of drug-likeness (QED) is 0.268. The maximum Gasteiger partial charge on any atom is 0.349 e. The van der Waals surface area contributed by atoms with Gasteiger partial charge in [-0.25, -0.2) is 4.79 Å². The molecule has 5 rings (SSSR count). The van der Waals surface area contributed by atoms with Crippen LogP contribution in [0.4, 0.5) is 0 Å². The monoisotopic (exact) mass is 530 g/mol. The van der Waals surface area contributed by atoms with Gasteiger partial charge in [0.2, 0.25) is 5.60 Å². The van der Waals surface area contributed by atoms with Crippen LogP contribution in [0, 0.1) is 11.8 Å². The molecule has 35 heavy (non-hydrogen) atoms. The number of thiophene rings is 2. The molecule has 2 saturated carbocycles. The lowest BCUT2D eigenvalue weighted by molar-refractivity contribution is -0.918. The third-order valence-electron chi connectivity index (χ3n) is 8.08. The minimum atomic E-state index is -1.73. The molecule has 4 unspecified atom stereocenters. The van der Waals surface area contributed by atoms with Gasteiger partial charge in [0.15, 0.2) is 0 Å². The molecule has 2 aromatic heterocycles. The molecular weight excluding hydrogens is 498 g/mol. The second-order valence-electron chi connectivity index (χ2n) is 10.6. The third-order valence-corrected chi connectivity index (χ3v) is 10.3. The molecule has 7 heteroatoms. The largest absolute Gasteiger partial charge is 0.459 e. The third kappa shape index (κ3) is 4.84. The van der Waals surface area contributed by atoms with Crippen LogP contribution in [0.1, 0.15) is 41.0 Å². The van der Waals surface area contributed by atoms with Crippen LogP contribution in [0.25, 0.3) is 0 Å². The van der Waals surface area contributed by atoms with Crippen molar-refractivity contribution in [2.45, 2.75) is 49.9 Å². The predicted octanol–water partition coefficient (Wildman–Crippen LogP) is 6.12. The predicted molar refractivity (Wildman–Crippen MR) is 143 cm³/mol. The normalized spacial score (nSPS) is 24.1. The van der Waals surface area contributed by atoms with Crippen molar-refractivity contribution in [1.29, 1.82) is 0 Å². The van der Waals surface area contributed by atoms with Crippen LogP contribution in [-0.4, -0.2) is 48.3 Å². The highest BCUT2D eigenvalue weighted by molar-refractivity contribution is 7.12. The van der Waals surface area contributed by atoms with E-state index < -0.39 is 11.6 Å². The number of hydrogen-bond donors (Lipinski definition) is 1. The summed E-state index contributed by atoms with van der Waals surface area (Å²) >= 11 is 8.93. The van der Waals surface area contributed by atoms with Gasteiger partial charge in [-0.05, 0) is 59.9 Å². The molecule has 0 saturated heterocycles. The summed E-state index contributed by atoms with van der Waals surface area (Å²) in [4.78, 5) is 14.8. The average Bonchev–Trinajstić information content (AvgIpc) is 3.64. The van der Waals surface area contributed by atoms with E-state index in [0.717, 1.165) is 48.2 Å². The molecule has 2 aliphatic rings. The molecule has 0 aliphatic heterocycles. The number of quaternary nitrogens is 1. The molecule has 2 fully saturated rings. The molecular formula is C28H33ClNO3S2+. The maximum atomic E-state index is 13.6. The number of aliphatic hydroxyl groups is 1. The van der Waals surface area contributed by atoms with E-state index in [9.17, 15) is 9.90 Å². The highest BCUT2D eigenvalue weighted by atomic mass is 35.5. The molecule has 1 N–H and O–H groups in total. The minimum absolute atomic E-state index is 0.121. The lowest BCUT2D eigenvalue weighted by atomic mass is 9.92. The Kier molecular flexibility index (Phi) is 7.12. The zero-order chi connectivity index (χ0) is 24.6. The van der Waals surface area contributed by atoms with Gasteiger partial charge in [0, 0.05) is 29.7 Å². The number of hydrogen-bond acceptors (Lipinski definition) is 5. The van der Waals surface area contributed by atoms with Crippen molar-refractivity contribution in [3.63, 3.8) is 0 Å². The van der Waals surface area contributed by atoms with Crippen LogP contribution < -0.4 is 0 Å². The van der Waals surface area contributed by atoms with Crippen molar-refractivity contribution in [1.82, 2.24) is 0 Å². The van der Waals surface area contributed by atoms with Crippen molar-refractivity contribution in [2.24, 2.45) is 11.8 Å². The molecule has 2 bridgehead atoms. The highest BCUT2D eigenvalue weighted by Crippen LogP contribution is 2.51. The average molecular weight is 531 g/mol. The number of benzene rings is 1. The highest BCUT2D eigenvalue weighted by Gasteiger charge is 2.57. The fourth-order valence-corrected chi connectivity index (χ4v) is 8.20. The van der Waals surface area contributed by atoms with Crippen LogP contribution >= 0.6 is 34.3 Å². The molecule has 0 amide bonds. The number of rotatable bonds is 9. The van der Waals surface area contributed by atoms with Gasteiger partial charge in [0.1, 0.15) is 6.10 Å². The van der Waals surface area contributed by atoms with Gasteiger partial charge in [0.05, 0.1) is 36.4 Å². The minimum Gasteiger partial charge on any atom is -0.459 e. The fraction of sp³-hybridized carbons (Fsp3) is 0.464. The fourth-order valence-electron chi connectivity index (χ4n) is 6.27. The number of halogens is 1. The molecule has 186 valence electrons. The Morgan fingerprint density at radius 3 is 2.46 bits per heavy atom. The Hall–Kier alpha value is -1.70. The number of carbonyl (C=O) groups excluding carboxylic acids is 1. The zero-order valence-corrected chi connectivity index (χ0v) is 22.6. The van der Waals surface area contributed by atoms with E-state index in [4.69, 9.17) is 16.3 Å².